The van der Waals surface area contributed by atoms with Crippen LogP contribution in [0.3, 0.4) is 0 Å². The summed E-state index contributed by atoms with van der Waals surface area (Å²) in [5.74, 6) is -1.36. The van der Waals surface area contributed by atoms with Gasteiger partial charge in [-0.25, -0.2) is 4.79 Å². The fourth-order valence-electron chi connectivity index (χ4n) is 1.23. The number of aryl methyl sites for hydroxylation is 2. The molecule has 5 nitrogen and oxygen atoms in total. The molecule has 0 aliphatic carbocycles. The van der Waals surface area contributed by atoms with Crippen LogP contribution in [0.1, 0.15) is 20.1 Å². The van der Waals surface area contributed by atoms with Crippen LogP contribution in [0, 0.1) is 13.8 Å². The van der Waals surface area contributed by atoms with Crippen molar-refractivity contribution in [2.24, 2.45) is 0 Å². The quantitative estimate of drug-likeness (QED) is 0.831. The smallest absolute Gasteiger partial charge is 0.334 e. The van der Waals surface area contributed by atoms with E-state index in [1.165, 1.54) is 18.4 Å². The van der Waals surface area contributed by atoms with E-state index < -0.39 is 12.1 Å². The van der Waals surface area contributed by atoms with Crippen molar-refractivity contribution in [2.45, 2.75) is 20.0 Å². The number of carbonyl (C=O) groups is 2. The largest absolute Gasteiger partial charge is 0.479 e. The first-order valence-corrected chi connectivity index (χ1v) is 5.88. The lowest BCUT2D eigenvalue weighted by Crippen LogP contribution is -2.37. The van der Waals surface area contributed by atoms with E-state index in [9.17, 15) is 9.59 Å². The Bertz CT molecular complexity index is 408. The zero-order chi connectivity index (χ0) is 13.0. The maximum atomic E-state index is 11.7. The fourth-order valence-corrected chi connectivity index (χ4v) is 2.18. The molecule has 0 spiro atoms. The SMILES string of the molecule is COC(CNC(=O)c1cc(C)c(C)s1)C(=O)O. The Morgan fingerprint density at radius 1 is 1.53 bits per heavy atom. The topological polar surface area (TPSA) is 75.6 Å². The summed E-state index contributed by atoms with van der Waals surface area (Å²) in [6.45, 7) is 3.82. The van der Waals surface area contributed by atoms with Gasteiger partial charge in [-0.15, -0.1) is 11.3 Å². The van der Waals surface area contributed by atoms with E-state index in [2.05, 4.69) is 5.32 Å². The number of methoxy groups -OCH3 is 1. The standard InChI is InChI=1S/C11H15NO4S/c1-6-4-9(17-7(6)2)10(13)12-5-8(16-3)11(14)15/h4,8H,5H2,1-3H3,(H,12,13)(H,14,15). The summed E-state index contributed by atoms with van der Waals surface area (Å²) in [4.78, 5) is 24.0. The molecule has 0 saturated carbocycles. The summed E-state index contributed by atoms with van der Waals surface area (Å²) in [6, 6.07) is 1.79. The summed E-state index contributed by atoms with van der Waals surface area (Å²) in [7, 11) is 1.30. The van der Waals surface area contributed by atoms with Gasteiger partial charge >= 0.3 is 5.97 Å². The minimum absolute atomic E-state index is 0.0410. The molecule has 0 bridgehead atoms. The van der Waals surface area contributed by atoms with Crippen molar-refractivity contribution in [3.8, 4) is 0 Å². The first-order valence-electron chi connectivity index (χ1n) is 5.06. The van der Waals surface area contributed by atoms with Gasteiger partial charge in [0.15, 0.2) is 6.10 Å². The number of rotatable bonds is 5. The minimum atomic E-state index is -1.09. The first-order chi connectivity index (χ1) is 7.95. The fraction of sp³-hybridized carbons (Fsp3) is 0.455. The number of carboxylic acids is 1. The van der Waals surface area contributed by atoms with Crippen LogP contribution in [-0.4, -0.2) is 36.7 Å². The van der Waals surface area contributed by atoms with Gasteiger partial charge in [0.2, 0.25) is 0 Å². The molecule has 1 unspecified atom stereocenters. The normalized spacial score (nSPS) is 12.2. The number of ether oxygens (including phenoxy) is 1. The minimum Gasteiger partial charge on any atom is -0.479 e. The Kier molecular flexibility index (Phi) is 4.65. The van der Waals surface area contributed by atoms with Gasteiger partial charge in [-0.2, -0.15) is 0 Å². The molecule has 1 heterocycles. The zero-order valence-electron chi connectivity index (χ0n) is 9.94. The maximum Gasteiger partial charge on any atom is 0.334 e. The molecule has 0 radical (unpaired) electrons. The number of aliphatic carboxylic acids is 1. The molecule has 1 atom stereocenters. The monoisotopic (exact) mass is 257 g/mol. The highest BCUT2D eigenvalue weighted by molar-refractivity contribution is 7.14. The van der Waals surface area contributed by atoms with Crippen molar-refractivity contribution in [1.82, 2.24) is 5.32 Å². The molecule has 1 aromatic rings. The van der Waals surface area contributed by atoms with E-state index in [0.29, 0.717) is 4.88 Å². The summed E-state index contributed by atoms with van der Waals surface area (Å²) >= 11 is 1.39. The number of carbonyl (C=O) groups excluding carboxylic acids is 1. The van der Waals surface area contributed by atoms with E-state index in [1.807, 2.05) is 13.8 Å². The van der Waals surface area contributed by atoms with Crippen molar-refractivity contribution in [2.75, 3.05) is 13.7 Å². The molecule has 2 N–H and O–H groups in total. The van der Waals surface area contributed by atoms with Crippen molar-refractivity contribution < 1.29 is 19.4 Å². The van der Waals surface area contributed by atoms with Gasteiger partial charge < -0.3 is 15.2 Å². The third-order valence-corrected chi connectivity index (χ3v) is 3.55. The Morgan fingerprint density at radius 3 is 2.59 bits per heavy atom. The van der Waals surface area contributed by atoms with Gasteiger partial charge in [0.25, 0.3) is 5.91 Å². The van der Waals surface area contributed by atoms with Gasteiger partial charge in [-0.05, 0) is 25.5 Å². The maximum absolute atomic E-state index is 11.7. The highest BCUT2D eigenvalue weighted by Crippen LogP contribution is 2.20. The third-order valence-electron chi connectivity index (χ3n) is 2.40. The predicted octanol–water partition coefficient (Wildman–Crippen LogP) is 1.19. The van der Waals surface area contributed by atoms with Gasteiger partial charge in [0.1, 0.15) is 0 Å². The van der Waals surface area contributed by atoms with Crippen molar-refractivity contribution in [1.29, 1.82) is 0 Å². The lowest BCUT2D eigenvalue weighted by molar-refractivity contribution is -0.147. The molecular formula is C11H15NO4S. The molecule has 1 rings (SSSR count). The lowest BCUT2D eigenvalue weighted by atomic mass is 10.3. The van der Waals surface area contributed by atoms with Crippen LogP contribution in [0.25, 0.3) is 0 Å². The second-order valence-electron chi connectivity index (χ2n) is 3.62. The average molecular weight is 257 g/mol. The van der Waals surface area contributed by atoms with E-state index in [4.69, 9.17) is 9.84 Å². The molecule has 1 aromatic heterocycles. The summed E-state index contributed by atoms with van der Waals surface area (Å²) in [6.07, 6.45) is -1.01. The number of carboxylic acid groups (broad SMARTS) is 1. The molecule has 0 saturated heterocycles. The van der Waals surface area contributed by atoms with Crippen molar-refractivity contribution in [3.63, 3.8) is 0 Å². The van der Waals surface area contributed by atoms with Crippen molar-refractivity contribution in [3.05, 3.63) is 21.4 Å². The molecule has 94 valence electrons. The van der Waals surface area contributed by atoms with E-state index >= 15 is 0 Å². The summed E-state index contributed by atoms with van der Waals surface area (Å²) in [5.41, 5.74) is 1.06. The number of thiophene rings is 1. The summed E-state index contributed by atoms with van der Waals surface area (Å²) in [5, 5.41) is 11.3. The molecule has 6 heteroatoms. The zero-order valence-corrected chi connectivity index (χ0v) is 10.8. The number of hydrogen-bond donors (Lipinski definition) is 2. The van der Waals surface area contributed by atoms with Crippen LogP contribution in [0.2, 0.25) is 0 Å². The van der Waals surface area contributed by atoms with Crippen LogP contribution in [0.4, 0.5) is 0 Å². The Hall–Kier alpha value is -1.40. The Balaban J connectivity index is 2.58. The second kappa shape index (κ2) is 5.79. The average Bonchev–Trinajstić information content (AvgIpc) is 2.59. The van der Waals surface area contributed by atoms with Crippen LogP contribution >= 0.6 is 11.3 Å². The molecular weight excluding hydrogens is 242 g/mol. The van der Waals surface area contributed by atoms with Gasteiger partial charge in [0.05, 0.1) is 11.4 Å². The van der Waals surface area contributed by atoms with E-state index in [1.54, 1.807) is 6.07 Å². The predicted molar refractivity (Wildman–Crippen MR) is 64.6 cm³/mol. The highest BCUT2D eigenvalue weighted by atomic mass is 32.1. The molecule has 17 heavy (non-hydrogen) atoms. The molecule has 1 amide bonds. The number of hydrogen-bond acceptors (Lipinski definition) is 4. The Labute approximate surface area is 103 Å². The first kappa shape index (κ1) is 13.7. The third kappa shape index (κ3) is 3.54. The second-order valence-corrected chi connectivity index (χ2v) is 4.88. The molecule has 0 aromatic carbocycles. The van der Waals surface area contributed by atoms with Crippen molar-refractivity contribution >= 4 is 23.2 Å². The van der Waals surface area contributed by atoms with Gasteiger partial charge in [-0.1, -0.05) is 0 Å². The molecule has 0 aliphatic rings. The lowest BCUT2D eigenvalue weighted by Gasteiger charge is -2.10. The van der Waals surface area contributed by atoms with Crippen LogP contribution in [-0.2, 0) is 9.53 Å². The van der Waals surface area contributed by atoms with Crippen LogP contribution in [0.5, 0.6) is 0 Å². The number of nitrogens with one attached hydrogen (secondary N) is 1. The number of amides is 1. The van der Waals surface area contributed by atoms with E-state index in [-0.39, 0.29) is 12.5 Å². The highest BCUT2D eigenvalue weighted by Gasteiger charge is 2.18. The molecule has 0 aliphatic heterocycles. The summed E-state index contributed by atoms with van der Waals surface area (Å²) < 4.78 is 4.72. The van der Waals surface area contributed by atoms with Gasteiger partial charge in [0, 0.05) is 12.0 Å². The van der Waals surface area contributed by atoms with E-state index in [0.717, 1.165) is 10.4 Å². The Morgan fingerprint density at radius 2 is 2.18 bits per heavy atom. The molecule has 0 fully saturated rings. The van der Waals surface area contributed by atoms with Gasteiger partial charge in [-0.3, -0.25) is 4.79 Å². The van der Waals surface area contributed by atoms with Crippen LogP contribution in [0.15, 0.2) is 6.07 Å². The van der Waals surface area contributed by atoms with Crippen LogP contribution < -0.4 is 5.32 Å².